The van der Waals surface area contributed by atoms with Crippen LogP contribution in [-0.2, 0) is 6.42 Å². The molecule has 2 heterocycles. The Labute approximate surface area is 112 Å². The summed E-state index contributed by atoms with van der Waals surface area (Å²) in [6, 6.07) is 2.03. The summed E-state index contributed by atoms with van der Waals surface area (Å²) in [6.07, 6.45) is 4.78. The average Bonchev–Trinajstić information content (AvgIpc) is 2.38. The third-order valence-corrected chi connectivity index (χ3v) is 3.97. The van der Waals surface area contributed by atoms with Gasteiger partial charge in [0.1, 0.15) is 16.2 Å². The first-order valence-corrected chi connectivity index (χ1v) is 7.30. The molecule has 0 unspecified atom stereocenters. The highest BCUT2D eigenvalue weighted by Crippen LogP contribution is 2.25. The fourth-order valence-electron chi connectivity index (χ4n) is 2.34. The highest BCUT2D eigenvalue weighted by atomic mass is 79.9. The molecule has 0 radical (unpaired) electrons. The fourth-order valence-corrected chi connectivity index (χ4v) is 2.75. The molecule has 0 amide bonds. The highest BCUT2D eigenvalue weighted by molar-refractivity contribution is 9.10. The molecule has 1 saturated heterocycles. The van der Waals surface area contributed by atoms with Crippen molar-refractivity contribution in [3.05, 3.63) is 16.5 Å². The van der Waals surface area contributed by atoms with E-state index in [4.69, 9.17) is 0 Å². The number of piperidine rings is 1. The summed E-state index contributed by atoms with van der Waals surface area (Å²) >= 11 is 3.47. The zero-order valence-electron chi connectivity index (χ0n) is 10.6. The average molecular weight is 298 g/mol. The zero-order valence-corrected chi connectivity index (χ0v) is 12.2. The van der Waals surface area contributed by atoms with E-state index in [1.54, 1.807) is 0 Å². The smallest absolute Gasteiger partial charge is 0.133 e. The van der Waals surface area contributed by atoms with Crippen LogP contribution in [0.4, 0.5) is 5.82 Å². The molecule has 1 fully saturated rings. The van der Waals surface area contributed by atoms with Gasteiger partial charge < -0.3 is 4.90 Å². The van der Waals surface area contributed by atoms with Crippen molar-refractivity contribution in [2.75, 3.05) is 18.0 Å². The van der Waals surface area contributed by atoms with Gasteiger partial charge in [-0.25, -0.2) is 9.97 Å². The maximum Gasteiger partial charge on any atom is 0.133 e. The lowest BCUT2D eigenvalue weighted by Crippen LogP contribution is -2.34. The minimum absolute atomic E-state index is 0.887. The highest BCUT2D eigenvalue weighted by Gasteiger charge is 2.19. The van der Waals surface area contributed by atoms with Gasteiger partial charge in [-0.15, -0.1) is 0 Å². The van der Waals surface area contributed by atoms with E-state index in [1.807, 2.05) is 6.07 Å². The Hall–Kier alpha value is -0.640. The van der Waals surface area contributed by atoms with Crippen molar-refractivity contribution in [2.45, 2.75) is 39.5 Å². The maximum absolute atomic E-state index is 4.61. The molecule has 2 rings (SSSR count). The molecule has 0 N–H and O–H groups in total. The molecular formula is C13H20BrN3. The van der Waals surface area contributed by atoms with Gasteiger partial charge in [-0.1, -0.05) is 20.3 Å². The van der Waals surface area contributed by atoms with E-state index in [1.165, 1.54) is 19.3 Å². The predicted octanol–water partition coefficient (Wildman–Crippen LogP) is 3.43. The molecule has 0 spiro atoms. The van der Waals surface area contributed by atoms with E-state index in [0.29, 0.717) is 0 Å². The number of hydrogen-bond acceptors (Lipinski definition) is 3. The van der Waals surface area contributed by atoms with Crippen molar-refractivity contribution in [3.8, 4) is 0 Å². The van der Waals surface area contributed by atoms with Crippen LogP contribution in [0.3, 0.4) is 0 Å². The largest absolute Gasteiger partial charge is 0.356 e. The van der Waals surface area contributed by atoms with Crippen molar-refractivity contribution in [1.29, 1.82) is 0 Å². The Kier molecular flexibility index (Phi) is 4.37. The maximum atomic E-state index is 4.61. The number of halogens is 1. The normalized spacial score (nSPS) is 17.5. The first kappa shape index (κ1) is 12.8. The third-order valence-electron chi connectivity index (χ3n) is 3.56. The number of nitrogens with zero attached hydrogens (tertiary/aromatic N) is 3. The van der Waals surface area contributed by atoms with Crippen LogP contribution in [0.5, 0.6) is 0 Å². The van der Waals surface area contributed by atoms with Gasteiger partial charge in [0, 0.05) is 25.6 Å². The van der Waals surface area contributed by atoms with Crippen LogP contribution in [0, 0.1) is 5.92 Å². The molecular weight excluding hydrogens is 278 g/mol. The van der Waals surface area contributed by atoms with Crippen molar-refractivity contribution >= 4 is 21.7 Å². The summed E-state index contributed by atoms with van der Waals surface area (Å²) in [7, 11) is 0. The van der Waals surface area contributed by atoms with Gasteiger partial charge in [0.15, 0.2) is 0 Å². The van der Waals surface area contributed by atoms with Gasteiger partial charge in [0.25, 0.3) is 0 Å². The Morgan fingerprint density at radius 1 is 1.29 bits per heavy atom. The molecule has 1 aromatic heterocycles. The Morgan fingerprint density at radius 2 is 2.00 bits per heavy atom. The Bertz CT molecular complexity index is 373. The molecule has 0 bridgehead atoms. The standard InChI is InChI=1S/C13H20BrN3/c1-3-10-5-7-17(8-6-10)13-9-11(14)15-12(4-2)16-13/h9-10H,3-8H2,1-2H3. The van der Waals surface area contributed by atoms with Crippen LogP contribution in [0.1, 0.15) is 38.9 Å². The lowest BCUT2D eigenvalue weighted by atomic mass is 9.94. The van der Waals surface area contributed by atoms with E-state index < -0.39 is 0 Å². The molecule has 3 nitrogen and oxygen atoms in total. The Balaban J connectivity index is 2.10. The molecule has 94 valence electrons. The second kappa shape index (κ2) is 5.80. The van der Waals surface area contributed by atoms with E-state index in [9.17, 15) is 0 Å². The van der Waals surface area contributed by atoms with Gasteiger partial charge >= 0.3 is 0 Å². The van der Waals surface area contributed by atoms with Crippen LogP contribution in [-0.4, -0.2) is 23.1 Å². The topological polar surface area (TPSA) is 29.0 Å². The fraction of sp³-hybridized carbons (Fsp3) is 0.692. The first-order valence-electron chi connectivity index (χ1n) is 6.51. The number of hydrogen-bond donors (Lipinski definition) is 0. The minimum Gasteiger partial charge on any atom is -0.356 e. The summed E-state index contributed by atoms with van der Waals surface area (Å²) in [6.45, 7) is 6.64. The van der Waals surface area contributed by atoms with E-state index in [0.717, 1.165) is 41.7 Å². The number of aromatic nitrogens is 2. The monoisotopic (exact) mass is 297 g/mol. The van der Waals surface area contributed by atoms with Crippen LogP contribution in [0.25, 0.3) is 0 Å². The number of rotatable bonds is 3. The van der Waals surface area contributed by atoms with Gasteiger partial charge in [0.05, 0.1) is 0 Å². The van der Waals surface area contributed by atoms with Crippen molar-refractivity contribution in [1.82, 2.24) is 9.97 Å². The Morgan fingerprint density at radius 3 is 2.59 bits per heavy atom. The van der Waals surface area contributed by atoms with Crippen LogP contribution >= 0.6 is 15.9 Å². The molecule has 0 aliphatic carbocycles. The minimum atomic E-state index is 0.887. The van der Waals surface area contributed by atoms with Gasteiger partial charge in [0.2, 0.25) is 0 Å². The van der Waals surface area contributed by atoms with Crippen molar-refractivity contribution in [3.63, 3.8) is 0 Å². The third kappa shape index (κ3) is 3.18. The van der Waals surface area contributed by atoms with E-state index >= 15 is 0 Å². The summed E-state index contributed by atoms with van der Waals surface area (Å²) in [5, 5.41) is 0. The molecule has 0 aromatic carbocycles. The lowest BCUT2D eigenvalue weighted by molar-refractivity contribution is 0.393. The second-order valence-electron chi connectivity index (χ2n) is 4.66. The SMILES string of the molecule is CCc1nc(Br)cc(N2CCC(CC)CC2)n1. The zero-order chi connectivity index (χ0) is 12.3. The molecule has 4 heteroatoms. The molecule has 1 aromatic rings. The lowest BCUT2D eigenvalue weighted by Gasteiger charge is -2.32. The molecule has 17 heavy (non-hydrogen) atoms. The molecule has 1 aliphatic heterocycles. The van der Waals surface area contributed by atoms with E-state index in [2.05, 4.69) is 44.6 Å². The summed E-state index contributed by atoms with van der Waals surface area (Å²) in [4.78, 5) is 11.4. The summed E-state index contributed by atoms with van der Waals surface area (Å²) in [5.74, 6) is 2.91. The van der Waals surface area contributed by atoms with Crippen molar-refractivity contribution < 1.29 is 0 Å². The predicted molar refractivity (Wildman–Crippen MR) is 74.3 cm³/mol. The number of anilines is 1. The molecule has 1 aliphatic rings. The summed E-state index contributed by atoms with van der Waals surface area (Å²) < 4.78 is 0.900. The summed E-state index contributed by atoms with van der Waals surface area (Å²) in [5.41, 5.74) is 0. The van der Waals surface area contributed by atoms with Gasteiger partial charge in [-0.05, 0) is 34.7 Å². The second-order valence-corrected chi connectivity index (χ2v) is 5.47. The van der Waals surface area contributed by atoms with Gasteiger partial charge in [-0.3, -0.25) is 0 Å². The van der Waals surface area contributed by atoms with Crippen LogP contribution in [0.15, 0.2) is 10.7 Å². The van der Waals surface area contributed by atoms with Crippen molar-refractivity contribution in [2.24, 2.45) is 5.92 Å². The van der Waals surface area contributed by atoms with Crippen LogP contribution < -0.4 is 4.90 Å². The molecule has 0 atom stereocenters. The first-order chi connectivity index (χ1) is 8.22. The van der Waals surface area contributed by atoms with Gasteiger partial charge in [-0.2, -0.15) is 0 Å². The van der Waals surface area contributed by atoms with Crippen LogP contribution in [0.2, 0.25) is 0 Å². The number of aryl methyl sites for hydroxylation is 1. The quantitative estimate of drug-likeness (QED) is 0.801. The molecule has 0 saturated carbocycles. The van der Waals surface area contributed by atoms with E-state index in [-0.39, 0.29) is 0 Å².